The number of carbonyl (C=O) groups is 1. The number of rotatable bonds is 4. The fourth-order valence-corrected chi connectivity index (χ4v) is 3.14. The van der Waals surface area contributed by atoms with Crippen LogP contribution in [0.4, 0.5) is 0 Å². The Hall–Kier alpha value is -0.710. The number of hydrogen-bond acceptors (Lipinski definition) is 3. The molecule has 1 fully saturated rings. The van der Waals surface area contributed by atoms with Gasteiger partial charge in [0.05, 0.1) is 18.5 Å². The maximum absolute atomic E-state index is 12.4. The van der Waals surface area contributed by atoms with Gasteiger partial charge < -0.3 is 9.64 Å². The molecule has 2 rings (SSSR count). The SMILES string of the molecule is CC[C@@H](Sc1ccc(Cl)cc1)C(=O)N1CCOCC1. The normalized spacial score (nSPS) is 17.3. The summed E-state index contributed by atoms with van der Waals surface area (Å²) in [4.78, 5) is 15.4. The molecule has 3 nitrogen and oxygen atoms in total. The van der Waals surface area contributed by atoms with Crippen LogP contribution in [-0.4, -0.2) is 42.4 Å². The van der Waals surface area contributed by atoms with Crippen molar-refractivity contribution >= 4 is 29.3 Å². The van der Waals surface area contributed by atoms with E-state index >= 15 is 0 Å². The molecule has 1 aromatic carbocycles. The standard InChI is InChI=1S/C14H18ClNO2S/c1-2-13(14(17)16-7-9-18-10-8-16)19-12-5-3-11(15)4-6-12/h3-6,13H,2,7-10H2,1H3/t13-/m1/s1. The summed E-state index contributed by atoms with van der Waals surface area (Å²) in [5.74, 6) is 0.214. The molecule has 0 radical (unpaired) electrons. The summed E-state index contributed by atoms with van der Waals surface area (Å²) >= 11 is 7.48. The van der Waals surface area contributed by atoms with Crippen LogP contribution in [-0.2, 0) is 9.53 Å². The fourth-order valence-electron chi connectivity index (χ4n) is 1.97. The summed E-state index contributed by atoms with van der Waals surface area (Å²) in [6.45, 7) is 4.75. The average Bonchev–Trinajstić information content (AvgIpc) is 2.47. The largest absolute Gasteiger partial charge is 0.378 e. The summed E-state index contributed by atoms with van der Waals surface area (Å²) in [6.07, 6.45) is 0.823. The minimum Gasteiger partial charge on any atom is -0.378 e. The van der Waals surface area contributed by atoms with Crippen molar-refractivity contribution in [2.75, 3.05) is 26.3 Å². The third-order valence-electron chi connectivity index (χ3n) is 3.06. The highest BCUT2D eigenvalue weighted by Crippen LogP contribution is 2.28. The van der Waals surface area contributed by atoms with Crippen LogP contribution in [0.5, 0.6) is 0 Å². The Balaban J connectivity index is 1.98. The Morgan fingerprint density at radius 2 is 2.00 bits per heavy atom. The summed E-state index contributed by atoms with van der Waals surface area (Å²) in [5.41, 5.74) is 0. The number of thioether (sulfide) groups is 1. The second kappa shape index (κ2) is 7.17. The van der Waals surface area contributed by atoms with Crippen molar-refractivity contribution in [1.82, 2.24) is 4.90 Å². The zero-order chi connectivity index (χ0) is 13.7. The molecule has 0 aliphatic carbocycles. The Morgan fingerprint density at radius 1 is 1.37 bits per heavy atom. The van der Waals surface area contributed by atoms with Gasteiger partial charge in [0.2, 0.25) is 5.91 Å². The van der Waals surface area contributed by atoms with Gasteiger partial charge in [-0.3, -0.25) is 4.79 Å². The van der Waals surface area contributed by atoms with E-state index in [2.05, 4.69) is 0 Å². The van der Waals surface area contributed by atoms with Crippen molar-refractivity contribution < 1.29 is 9.53 Å². The smallest absolute Gasteiger partial charge is 0.236 e. The van der Waals surface area contributed by atoms with Crippen molar-refractivity contribution in [3.8, 4) is 0 Å². The fraction of sp³-hybridized carbons (Fsp3) is 0.500. The molecule has 0 spiro atoms. The zero-order valence-corrected chi connectivity index (χ0v) is 12.5. The zero-order valence-electron chi connectivity index (χ0n) is 11.0. The number of benzene rings is 1. The first-order valence-corrected chi connectivity index (χ1v) is 7.75. The molecule has 1 saturated heterocycles. The second-order valence-corrected chi connectivity index (χ2v) is 6.12. The van der Waals surface area contributed by atoms with E-state index in [-0.39, 0.29) is 11.2 Å². The third kappa shape index (κ3) is 4.13. The monoisotopic (exact) mass is 299 g/mol. The Labute approximate surface area is 123 Å². The first-order valence-electron chi connectivity index (χ1n) is 6.49. The van der Waals surface area contributed by atoms with E-state index in [1.165, 1.54) is 0 Å². The van der Waals surface area contributed by atoms with Crippen molar-refractivity contribution in [3.05, 3.63) is 29.3 Å². The molecule has 5 heteroatoms. The predicted octanol–water partition coefficient (Wildman–Crippen LogP) is 3.07. The highest BCUT2D eigenvalue weighted by molar-refractivity contribution is 8.00. The molecule has 1 atom stereocenters. The highest BCUT2D eigenvalue weighted by atomic mass is 35.5. The van der Waals surface area contributed by atoms with Gasteiger partial charge in [-0.2, -0.15) is 0 Å². The summed E-state index contributed by atoms with van der Waals surface area (Å²) in [7, 11) is 0. The molecule has 1 amide bonds. The van der Waals surface area contributed by atoms with Crippen molar-refractivity contribution in [1.29, 1.82) is 0 Å². The maximum atomic E-state index is 12.4. The van der Waals surface area contributed by atoms with Gasteiger partial charge in [-0.25, -0.2) is 0 Å². The molecule has 1 aliphatic heterocycles. The first kappa shape index (κ1) is 14.7. The van der Waals surface area contributed by atoms with Crippen molar-refractivity contribution in [2.24, 2.45) is 0 Å². The molecule has 1 aliphatic rings. The summed E-state index contributed by atoms with van der Waals surface area (Å²) in [5, 5.41) is 0.691. The molecule has 1 heterocycles. The number of hydrogen-bond donors (Lipinski definition) is 0. The van der Waals surface area contributed by atoms with Crippen LogP contribution in [0.2, 0.25) is 5.02 Å². The Bertz CT molecular complexity index is 418. The number of nitrogens with zero attached hydrogens (tertiary/aromatic N) is 1. The topological polar surface area (TPSA) is 29.5 Å². The first-order chi connectivity index (χ1) is 9.20. The number of amides is 1. The van der Waals surface area contributed by atoms with Gasteiger partial charge in [0.15, 0.2) is 0 Å². The number of carbonyl (C=O) groups excluding carboxylic acids is 1. The summed E-state index contributed by atoms with van der Waals surface area (Å²) in [6, 6.07) is 7.64. The Morgan fingerprint density at radius 3 is 2.58 bits per heavy atom. The van der Waals surface area contributed by atoms with Crippen LogP contribution in [0.3, 0.4) is 0 Å². The van der Waals surface area contributed by atoms with Gasteiger partial charge in [0.25, 0.3) is 0 Å². The van der Waals surface area contributed by atoms with Crippen LogP contribution in [0.15, 0.2) is 29.2 Å². The lowest BCUT2D eigenvalue weighted by molar-refractivity contribution is -0.134. The van der Waals surface area contributed by atoms with Gasteiger partial charge in [-0.05, 0) is 30.7 Å². The average molecular weight is 300 g/mol. The summed E-state index contributed by atoms with van der Waals surface area (Å²) < 4.78 is 5.28. The van der Waals surface area contributed by atoms with E-state index in [9.17, 15) is 4.79 Å². The van der Waals surface area contributed by atoms with Gasteiger partial charge in [0.1, 0.15) is 0 Å². The molecule has 0 aromatic heterocycles. The minimum atomic E-state index is -0.0284. The van der Waals surface area contributed by atoms with E-state index in [0.717, 1.165) is 16.3 Å². The van der Waals surface area contributed by atoms with E-state index in [1.54, 1.807) is 11.8 Å². The Kier molecular flexibility index (Phi) is 5.55. The second-order valence-electron chi connectivity index (χ2n) is 4.41. The van der Waals surface area contributed by atoms with Crippen LogP contribution in [0, 0.1) is 0 Å². The molecular formula is C14H18ClNO2S. The molecule has 104 valence electrons. The van der Waals surface area contributed by atoms with E-state index in [4.69, 9.17) is 16.3 Å². The molecule has 0 bridgehead atoms. The molecular weight excluding hydrogens is 282 g/mol. The van der Waals surface area contributed by atoms with Gasteiger partial charge in [-0.1, -0.05) is 18.5 Å². The third-order valence-corrected chi connectivity index (χ3v) is 4.68. The quantitative estimate of drug-likeness (QED) is 0.800. The molecule has 19 heavy (non-hydrogen) atoms. The lowest BCUT2D eigenvalue weighted by Gasteiger charge is -2.29. The molecule has 0 N–H and O–H groups in total. The van der Waals surface area contributed by atoms with Gasteiger partial charge in [0, 0.05) is 23.0 Å². The van der Waals surface area contributed by atoms with Crippen LogP contribution >= 0.6 is 23.4 Å². The molecule has 0 saturated carbocycles. The van der Waals surface area contributed by atoms with Crippen LogP contribution in [0.25, 0.3) is 0 Å². The minimum absolute atomic E-state index is 0.0284. The number of morpholine rings is 1. The van der Waals surface area contributed by atoms with E-state index in [1.807, 2.05) is 36.1 Å². The highest BCUT2D eigenvalue weighted by Gasteiger charge is 2.25. The predicted molar refractivity (Wildman–Crippen MR) is 78.8 cm³/mol. The maximum Gasteiger partial charge on any atom is 0.236 e. The van der Waals surface area contributed by atoms with Crippen molar-refractivity contribution in [2.45, 2.75) is 23.5 Å². The lowest BCUT2D eigenvalue weighted by atomic mass is 10.2. The van der Waals surface area contributed by atoms with E-state index in [0.29, 0.717) is 26.3 Å². The van der Waals surface area contributed by atoms with Gasteiger partial charge in [-0.15, -0.1) is 11.8 Å². The lowest BCUT2D eigenvalue weighted by Crippen LogP contribution is -2.44. The number of ether oxygens (including phenoxy) is 1. The van der Waals surface area contributed by atoms with Crippen LogP contribution in [0.1, 0.15) is 13.3 Å². The van der Waals surface area contributed by atoms with Gasteiger partial charge >= 0.3 is 0 Å². The van der Waals surface area contributed by atoms with Crippen molar-refractivity contribution in [3.63, 3.8) is 0 Å². The molecule has 1 aromatic rings. The van der Waals surface area contributed by atoms with E-state index < -0.39 is 0 Å². The van der Waals surface area contributed by atoms with Crippen LogP contribution < -0.4 is 0 Å². The molecule has 0 unspecified atom stereocenters. The number of halogens is 1.